The third-order valence-electron chi connectivity index (χ3n) is 10.3. The van der Waals surface area contributed by atoms with Crippen molar-refractivity contribution in [2.75, 3.05) is 57.3 Å². The first-order chi connectivity index (χ1) is 28.9. The summed E-state index contributed by atoms with van der Waals surface area (Å²) in [5.41, 5.74) is 10.2. The topological polar surface area (TPSA) is 129 Å². The van der Waals surface area contributed by atoms with E-state index in [1.54, 1.807) is 7.11 Å². The zero-order chi connectivity index (χ0) is 43.1. The van der Waals surface area contributed by atoms with E-state index in [2.05, 4.69) is 90.9 Å². The van der Waals surface area contributed by atoms with Crippen molar-refractivity contribution >= 4 is 23.5 Å². The van der Waals surface area contributed by atoms with E-state index in [4.69, 9.17) is 14.2 Å². The largest absolute Gasteiger partial charge is 0.492 e. The van der Waals surface area contributed by atoms with Crippen LogP contribution in [0.25, 0.3) is 12.2 Å². The first-order valence-electron chi connectivity index (χ1n) is 19.9. The summed E-state index contributed by atoms with van der Waals surface area (Å²) in [4.78, 5) is 4.30. The summed E-state index contributed by atoms with van der Waals surface area (Å²) < 4.78 is 17.9. The molecule has 304 valence electrons. The van der Waals surface area contributed by atoms with Crippen LogP contribution in [0.2, 0.25) is 0 Å². The zero-order valence-corrected chi connectivity index (χ0v) is 35.3. The van der Waals surface area contributed by atoms with E-state index in [0.29, 0.717) is 45.8 Å². The number of rotatable bonds is 16. The normalized spacial score (nSPS) is 14.7. The Labute approximate surface area is 355 Å². The Morgan fingerprint density at radius 1 is 0.667 bits per heavy atom. The molecule has 0 aliphatic heterocycles. The van der Waals surface area contributed by atoms with Gasteiger partial charge in [0.1, 0.15) is 60.1 Å². The van der Waals surface area contributed by atoms with Gasteiger partial charge in [0.2, 0.25) is 0 Å². The highest BCUT2D eigenvalue weighted by molar-refractivity contribution is 5.61. The highest BCUT2D eigenvalue weighted by Crippen LogP contribution is 2.39. The maximum Gasteiger partial charge on any atom is 0.133 e. The number of likely N-dealkylation sites (N-methyl/N-ethyl adjacent to an activating group) is 2. The zero-order valence-electron chi connectivity index (χ0n) is 35.3. The molecular formula is C51H52N6O3. The summed E-state index contributed by atoms with van der Waals surface area (Å²) in [6.07, 6.45) is 15.0. The Morgan fingerprint density at radius 3 is 1.65 bits per heavy atom. The molecule has 9 heteroatoms. The van der Waals surface area contributed by atoms with Gasteiger partial charge >= 0.3 is 0 Å². The Kier molecular flexibility index (Phi) is 15.5. The first-order valence-corrected chi connectivity index (χ1v) is 19.9. The van der Waals surface area contributed by atoms with Gasteiger partial charge in [0, 0.05) is 38.6 Å². The molecule has 0 saturated carbocycles. The van der Waals surface area contributed by atoms with Gasteiger partial charge in [-0.25, -0.2) is 0 Å². The second-order valence-electron chi connectivity index (χ2n) is 15.9. The van der Waals surface area contributed by atoms with Crippen LogP contribution in [0.5, 0.6) is 11.5 Å². The van der Waals surface area contributed by atoms with Crippen LogP contribution in [0.3, 0.4) is 0 Å². The van der Waals surface area contributed by atoms with Crippen molar-refractivity contribution in [1.82, 2.24) is 0 Å². The molecule has 0 radical (unpaired) electrons. The van der Waals surface area contributed by atoms with Gasteiger partial charge in [-0.3, -0.25) is 0 Å². The Bertz CT molecular complexity index is 2370. The highest BCUT2D eigenvalue weighted by atomic mass is 16.5. The molecule has 9 nitrogen and oxygen atoms in total. The van der Waals surface area contributed by atoms with Gasteiger partial charge in [-0.05, 0) is 106 Å². The lowest BCUT2D eigenvalue weighted by Gasteiger charge is -2.30. The van der Waals surface area contributed by atoms with Gasteiger partial charge in [0.25, 0.3) is 0 Å². The van der Waals surface area contributed by atoms with Crippen LogP contribution < -0.4 is 19.3 Å². The average Bonchev–Trinajstić information content (AvgIpc) is 3.23. The Morgan fingerprint density at radius 2 is 1.15 bits per heavy atom. The highest BCUT2D eigenvalue weighted by Gasteiger charge is 2.26. The van der Waals surface area contributed by atoms with Gasteiger partial charge in [0.15, 0.2) is 0 Å². The third kappa shape index (κ3) is 12.7. The van der Waals surface area contributed by atoms with Gasteiger partial charge in [-0.1, -0.05) is 86.7 Å². The molecule has 0 saturated heterocycles. The number of allylic oxidation sites excluding steroid dienone is 11. The molecule has 60 heavy (non-hydrogen) atoms. The van der Waals surface area contributed by atoms with Crippen LogP contribution >= 0.6 is 0 Å². The van der Waals surface area contributed by atoms with Gasteiger partial charge in [0.05, 0.1) is 19.7 Å². The number of methoxy groups -OCH3 is 1. The van der Waals surface area contributed by atoms with Gasteiger partial charge in [-0.2, -0.15) is 21.0 Å². The average molecular weight is 797 g/mol. The Hall–Kier alpha value is -7.04. The number of ether oxygens (including phenoxy) is 3. The monoisotopic (exact) mass is 796 g/mol. The number of nitrogens with zero attached hydrogens (tertiary/aromatic N) is 6. The number of hydrogen-bond donors (Lipinski definition) is 0. The van der Waals surface area contributed by atoms with Crippen LogP contribution in [-0.2, 0) is 11.3 Å². The second-order valence-corrected chi connectivity index (χ2v) is 15.9. The maximum absolute atomic E-state index is 9.39. The molecule has 5 rings (SSSR count). The van der Waals surface area contributed by atoms with E-state index in [9.17, 15) is 21.0 Å². The number of benzene rings is 3. The SMILES string of the molecule is C=C1CC(/C=C/c2ccc(N(C)CCOc3cc(COC)cc(OCCN(C)c4ccc(/C=C/C5=CC(=C(C#N)C#N)CC(C)(C)C5)cc4)c3)cc2)=CC(=C(C#N)C#N)C1. The minimum absolute atomic E-state index is 0.0225. The fourth-order valence-electron chi connectivity index (χ4n) is 7.27. The third-order valence-corrected chi connectivity index (χ3v) is 10.3. The van der Waals surface area contributed by atoms with E-state index in [-0.39, 0.29) is 16.6 Å². The molecule has 0 amide bonds. The van der Waals surface area contributed by atoms with Crippen LogP contribution in [0.4, 0.5) is 11.4 Å². The van der Waals surface area contributed by atoms with Crippen molar-refractivity contribution in [2.45, 2.75) is 46.1 Å². The van der Waals surface area contributed by atoms with E-state index in [1.807, 2.05) is 80.9 Å². The molecule has 0 atom stereocenters. The molecule has 0 spiro atoms. The molecule has 0 fully saturated rings. The lowest BCUT2D eigenvalue weighted by molar-refractivity contribution is 0.184. The molecule has 2 aliphatic rings. The minimum Gasteiger partial charge on any atom is -0.492 e. The summed E-state index contributed by atoms with van der Waals surface area (Å²) in [5.74, 6) is 1.44. The molecule has 0 unspecified atom stereocenters. The standard InChI is InChI=1S/C51H52N6O3/c1-37-23-40(25-43(24-37)45(32-52)33-53)9-7-38-11-15-47(16-12-38)56(4)19-21-59-49-27-42(36-58-6)28-50(29-49)60-22-20-57(5)48-17-13-39(14-18-48)8-10-41-26-44(46(34-54)35-55)31-51(2,3)30-41/h7-18,25-29H,1,19-24,30-31,36H2,2-6H3/b9-7+,10-8+. The minimum atomic E-state index is -0.0225. The first kappa shape index (κ1) is 44.1. The van der Waals surface area contributed by atoms with Crippen LogP contribution in [0.1, 0.15) is 56.2 Å². The predicted octanol–water partition coefficient (Wildman–Crippen LogP) is 10.6. The van der Waals surface area contributed by atoms with Crippen LogP contribution in [0.15, 0.2) is 137 Å². The predicted molar refractivity (Wildman–Crippen MR) is 240 cm³/mol. The van der Waals surface area contributed by atoms with Gasteiger partial charge in [-0.15, -0.1) is 0 Å². The summed E-state index contributed by atoms with van der Waals surface area (Å²) in [6, 6.07) is 30.6. The fourth-order valence-corrected chi connectivity index (χ4v) is 7.27. The van der Waals surface area contributed by atoms with Gasteiger partial charge < -0.3 is 24.0 Å². The summed E-state index contributed by atoms with van der Waals surface area (Å²) in [6.45, 7) is 11.2. The van der Waals surface area contributed by atoms with Crippen molar-refractivity contribution in [3.63, 3.8) is 0 Å². The molecule has 0 aromatic heterocycles. The quantitative estimate of drug-likeness (QED) is 0.103. The molecule has 0 heterocycles. The molecule has 3 aromatic rings. The summed E-state index contributed by atoms with van der Waals surface area (Å²) in [7, 11) is 5.75. The van der Waals surface area contributed by atoms with E-state index in [1.165, 1.54) is 0 Å². The van der Waals surface area contributed by atoms with E-state index in [0.717, 1.165) is 80.3 Å². The van der Waals surface area contributed by atoms with E-state index < -0.39 is 0 Å². The van der Waals surface area contributed by atoms with E-state index >= 15 is 0 Å². The fraction of sp³-hybridized carbons (Fsp3) is 0.294. The second kappa shape index (κ2) is 21.1. The molecule has 0 bridgehead atoms. The number of anilines is 2. The van der Waals surface area contributed by atoms with Crippen LogP contribution in [0, 0.1) is 50.7 Å². The lowest BCUT2D eigenvalue weighted by Crippen LogP contribution is -2.24. The molecular weight excluding hydrogens is 745 g/mol. The molecule has 2 aliphatic carbocycles. The smallest absolute Gasteiger partial charge is 0.133 e. The molecule has 0 N–H and O–H groups in total. The van der Waals surface area contributed by atoms with Crippen molar-refractivity contribution in [3.8, 4) is 35.8 Å². The Balaban J connectivity index is 1.11. The molecule has 3 aromatic carbocycles. The van der Waals surface area contributed by atoms with Crippen molar-refractivity contribution < 1.29 is 14.2 Å². The summed E-state index contributed by atoms with van der Waals surface area (Å²) in [5, 5.41) is 37.3. The maximum atomic E-state index is 9.39. The lowest BCUT2D eigenvalue weighted by atomic mass is 9.74. The van der Waals surface area contributed by atoms with Crippen molar-refractivity contribution in [1.29, 1.82) is 21.0 Å². The number of hydrogen-bond acceptors (Lipinski definition) is 9. The van der Waals surface area contributed by atoms with Crippen LogP contribution in [-0.4, -0.2) is 47.5 Å². The number of nitriles is 4. The van der Waals surface area contributed by atoms with Crippen molar-refractivity contribution in [2.24, 2.45) is 5.41 Å². The summed E-state index contributed by atoms with van der Waals surface area (Å²) >= 11 is 0. The van der Waals surface area contributed by atoms with Crippen molar-refractivity contribution in [3.05, 3.63) is 153 Å².